The normalized spacial score (nSPS) is 34.7. The molecule has 0 aromatic heterocycles. The van der Waals surface area contributed by atoms with Gasteiger partial charge in [0, 0.05) is 19.6 Å². The monoisotopic (exact) mass is 185 g/mol. The second-order valence-corrected chi connectivity index (χ2v) is 3.73. The maximum Gasteiger partial charge on any atom is 0.315 e. The van der Waals surface area contributed by atoms with E-state index in [-0.39, 0.29) is 18.2 Å². The summed E-state index contributed by atoms with van der Waals surface area (Å²) in [4.78, 5) is 15.0. The van der Waals surface area contributed by atoms with E-state index in [2.05, 4.69) is 4.90 Å². The number of carbonyl (C=O) groups is 1. The Hall–Kier alpha value is -0.810. The smallest absolute Gasteiger partial charge is 0.315 e. The number of nitrogens with zero attached hydrogens (tertiary/aromatic N) is 2. The fourth-order valence-corrected chi connectivity index (χ4v) is 2.15. The number of hydrogen-bond donors (Lipinski definition) is 1. The summed E-state index contributed by atoms with van der Waals surface area (Å²) >= 11 is 0. The molecule has 0 saturated carbocycles. The lowest BCUT2D eigenvalue weighted by molar-refractivity contribution is -0.0287. The molecule has 5 heteroatoms. The van der Waals surface area contributed by atoms with E-state index in [0.29, 0.717) is 13.2 Å². The maximum atomic E-state index is 11.1. The summed E-state index contributed by atoms with van der Waals surface area (Å²) in [5.41, 5.74) is 5.28. The highest BCUT2D eigenvalue weighted by Crippen LogP contribution is 2.21. The van der Waals surface area contributed by atoms with Crippen molar-refractivity contribution < 1.29 is 9.53 Å². The molecule has 2 amide bonds. The number of nitrogens with two attached hydrogens (primary N) is 1. The van der Waals surface area contributed by atoms with Crippen LogP contribution in [-0.4, -0.2) is 61.3 Å². The molecule has 0 unspecified atom stereocenters. The highest BCUT2D eigenvalue weighted by molar-refractivity contribution is 5.72. The minimum absolute atomic E-state index is 0.159. The van der Waals surface area contributed by atoms with Crippen molar-refractivity contribution in [3.05, 3.63) is 0 Å². The molecule has 2 atom stereocenters. The predicted molar refractivity (Wildman–Crippen MR) is 47.3 cm³/mol. The first-order valence-corrected chi connectivity index (χ1v) is 4.54. The van der Waals surface area contributed by atoms with Crippen molar-refractivity contribution in [1.82, 2.24) is 9.80 Å². The Kier molecular flexibility index (Phi) is 2.13. The minimum Gasteiger partial charge on any atom is -0.373 e. The predicted octanol–water partition coefficient (Wildman–Crippen LogP) is -0.920. The summed E-state index contributed by atoms with van der Waals surface area (Å²) in [5, 5.41) is 0. The van der Waals surface area contributed by atoms with Gasteiger partial charge in [-0.1, -0.05) is 0 Å². The lowest BCUT2D eigenvalue weighted by atomic mass is 10.1. The SMILES string of the molecule is CN1C[C@@H]2[C@@H](C1)OCCN2C(N)=O. The Morgan fingerprint density at radius 1 is 1.54 bits per heavy atom. The number of ether oxygens (including phenoxy) is 1. The lowest BCUT2D eigenvalue weighted by Gasteiger charge is -2.35. The number of likely N-dealkylation sites (N-methyl/N-ethyl adjacent to an activating group) is 1. The van der Waals surface area contributed by atoms with Crippen molar-refractivity contribution in [1.29, 1.82) is 0 Å². The number of rotatable bonds is 0. The first kappa shape index (κ1) is 8.77. The fraction of sp³-hybridized carbons (Fsp3) is 0.875. The van der Waals surface area contributed by atoms with Gasteiger partial charge in [-0.05, 0) is 7.05 Å². The molecule has 2 N–H and O–H groups in total. The van der Waals surface area contributed by atoms with Crippen LogP contribution in [0.5, 0.6) is 0 Å². The highest BCUT2D eigenvalue weighted by Gasteiger charge is 2.40. The molecule has 0 aromatic carbocycles. The maximum absolute atomic E-state index is 11.1. The van der Waals surface area contributed by atoms with Crippen molar-refractivity contribution >= 4 is 6.03 Å². The largest absolute Gasteiger partial charge is 0.373 e. The van der Waals surface area contributed by atoms with Crippen molar-refractivity contribution in [2.75, 3.05) is 33.3 Å². The molecule has 0 radical (unpaired) electrons. The molecule has 0 bridgehead atoms. The topological polar surface area (TPSA) is 58.8 Å². The molecule has 2 aliphatic rings. The van der Waals surface area contributed by atoms with Crippen LogP contribution < -0.4 is 5.73 Å². The van der Waals surface area contributed by atoms with E-state index < -0.39 is 0 Å². The Morgan fingerprint density at radius 3 is 3.00 bits per heavy atom. The van der Waals surface area contributed by atoms with Gasteiger partial charge in [0.05, 0.1) is 18.8 Å². The van der Waals surface area contributed by atoms with Gasteiger partial charge in [-0.2, -0.15) is 0 Å². The van der Waals surface area contributed by atoms with Crippen molar-refractivity contribution in [3.63, 3.8) is 0 Å². The van der Waals surface area contributed by atoms with Gasteiger partial charge < -0.3 is 20.3 Å². The summed E-state index contributed by atoms with van der Waals surface area (Å²) in [7, 11) is 2.03. The second-order valence-electron chi connectivity index (χ2n) is 3.73. The van der Waals surface area contributed by atoms with Crippen LogP contribution in [-0.2, 0) is 4.74 Å². The van der Waals surface area contributed by atoms with Crippen LogP contribution in [0.2, 0.25) is 0 Å². The molecule has 0 spiro atoms. The molecule has 2 aliphatic heterocycles. The molecule has 0 aliphatic carbocycles. The Balaban J connectivity index is 2.09. The van der Waals surface area contributed by atoms with Crippen LogP contribution in [0.25, 0.3) is 0 Å². The van der Waals surface area contributed by atoms with Crippen LogP contribution in [0, 0.1) is 0 Å². The van der Waals surface area contributed by atoms with Crippen LogP contribution in [0.4, 0.5) is 4.79 Å². The zero-order valence-electron chi connectivity index (χ0n) is 7.77. The first-order chi connectivity index (χ1) is 6.18. The minimum atomic E-state index is -0.325. The van der Waals surface area contributed by atoms with Gasteiger partial charge in [0.15, 0.2) is 0 Å². The molecular formula is C8H15N3O2. The van der Waals surface area contributed by atoms with Gasteiger partial charge in [0.25, 0.3) is 0 Å². The molecule has 74 valence electrons. The summed E-state index contributed by atoms with van der Waals surface area (Å²) in [6.07, 6.45) is 0.159. The Morgan fingerprint density at radius 2 is 2.31 bits per heavy atom. The average molecular weight is 185 g/mol. The van der Waals surface area contributed by atoms with E-state index >= 15 is 0 Å². The Bertz CT molecular complexity index is 221. The summed E-state index contributed by atoms with van der Waals surface area (Å²) in [6, 6.07) is -0.162. The summed E-state index contributed by atoms with van der Waals surface area (Å²) in [6.45, 7) is 3.00. The third-order valence-corrected chi connectivity index (χ3v) is 2.77. The molecular weight excluding hydrogens is 170 g/mol. The molecule has 0 aromatic rings. The molecule has 2 rings (SSSR count). The summed E-state index contributed by atoms with van der Waals surface area (Å²) < 4.78 is 5.56. The number of fused-ring (bicyclic) bond motifs is 1. The number of urea groups is 1. The van der Waals surface area contributed by atoms with E-state index in [0.717, 1.165) is 13.1 Å². The van der Waals surface area contributed by atoms with Crippen molar-refractivity contribution in [3.8, 4) is 0 Å². The second kappa shape index (κ2) is 3.16. The van der Waals surface area contributed by atoms with Crippen molar-refractivity contribution in [2.24, 2.45) is 5.73 Å². The standard InChI is InChI=1S/C8H15N3O2/c1-10-4-6-7(5-10)13-3-2-11(6)8(9)12/h6-7H,2-5H2,1H3,(H2,9,12)/t6-,7-/m1/s1. The van der Waals surface area contributed by atoms with E-state index in [9.17, 15) is 4.79 Å². The van der Waals surface area contributed by atoms with Gasteiger partial charge in [-0.15, -0.1) is 0 Å². The number of hydrogen-bond acceptors (Lipinski definition) is 3. The van der Waals surface area contributed by atoms with E-state index in [4.69, 9.17) is 10.5 Å². The zero-order valence-corrected chi connectivity index (χ0v) is 7.77. The molecule has 2 fully saturated rings. The third-order valence-electron chi connectivity index (χ3n) is 2.77. The number of carbonyl (C=O) groups excluding carboxylic acids is 1. The van der Waals surface area contributed by atoms with Crippen LogP contribution in [0.1, 0.15) is 0 Å². The average Bonchev–Trinajstić information content (AvgIpc) is 2.43. The van der Waals surface area contributed by atoms with Gasteiger partial charge in [0.1, 0.15) is 0 Å². The molecule has 5 nitrogen and oxygen atoms in total. The van der Waals surface area contributed by atoms with Gasteiger partial charge >= 0.3 is 6.03 Å². The molecule has 2 saturated heterocycles. The third kappa shape index (κ3) is 1.49. The quantitative estimate of drug-likeness (QED) is 0.531. The van der Waals surface area contributed by atoms with Gasteiger partial charge in [-0.3, -0.25) is 0 Å². The van der Waals surface area contributed by atoms with Gasteiger partial charge in [-0.25, -0.2) is 4.79 Å². The Labute approximate surface area is 77.4 Å². The molecule has 13 heavy (non-hydrogen) atoms. The molecule has 2 heterocycles. The number of likely N-dealkylation sites (tertiary alicyclic amines) is 1. The van der Waals surface area contributed by atoms with Crippen molar-refractivity contribution in [2.45, 2.75) is 12.1 Å². The van der Waals surface area contributed by atoms with Crippen LogP contribution in [0.15, 0.2) is 0 Å². The number of morpholine rings is 1. The van der Waals surface area contributed by atoms with E-state index in [1.807, 2.05) is 7.05 Å². The summed E-state index contributed by atoms with van der Waals surface area (Å²) in [5.74, 6) is 0. The van der Waals surface area contributed by atoms with Gasteiger partial charge in [0.2, 0.25) is 0 Å². The van der Waals surface area contributed by atoms with E-state index in [1.54, 1.807) is 4.90 Å². The zero-order chi connectivity index (χ0) is 9.42. The number of primary amides is 1. The van der Waals surface area contributed by atoms with Crippen LogP contribution in [0.3, 0.4) is 0 Å². The lowest BCUT2D eigenvalue weighted by Crippen LogP contribution is -2.54. The fourth-order valence-electron chi connectivity index (χ4n) is 2.15. The number of amides is 2. The first-order valence-electron chi connectivity index (χ1n) is 4.54. The van der Waals surface area contributed by atoms with E-state index in [1.165, 1.54) is 0 Å². The van der Waals surface area contributed by atoms with Crippen LogP contribution >= 0.6 is 0 Å². The highest BCUT2D eigenvalue weighted by atomic mass is 16.5.